The Hall–Kier alpha value is -1.11. The van der Waals surface area contributed by atoms with Gasteiger partial charge in [-0.2, -0.15) is 4.31 Å². The fourth-order valence-electron chi connectivity index (χ4n) is 2.81. The maximum Gasteiger partial charge on any atom is 0.246 e. The molecule has 1 aromatic rings. The van der Waals surface area contributed by atoms with E-state index in [1.54, 1.807) is 12.1 Å². The lowest BCUT2D eigenvalue weighted by atomic mass is 9.87. The first-order chi connectivity index (χ1) is 10.6. The van der Waals surface area contributed by atoms with E-state index in [0.717, 1.165) is 5.56 Å². The van der Waals surface area contributed by atoms with Crippen LogP contribution in [0.15, 0.2) is 23.1 Å². The number of hydrogen-bond donors (Lipinski definition) is 0. The fourth-order valence-corrected chi connectivity index (χ4v) is 4.58. The van der Waals surface area contributed by atoms with Crippen LogP contribution in [0.25, 0.3) is 0 Å². The number of sulfonamides is 1. The smallest absolute Gasteiger partial charge is 0.246 e. The Balaban J connectivity index is 2.49. The largest absolute Gasteiger partial charge is 0.495 e. The van der Waals surface area contributed by atoms with Gasteiger partial charge >= 0.3 is 0 Å². The molecule has 130 valence electrons. The first kappa shape index (κ1) is 18.2. The van der Waals surface area contributed by atoms with Gasteiger partial charge in [0.2, 0.25) is 10.0 Å². The third kappa shape index (κ3) is 3.87. The molecule has 0 saturated carbocycles. The van der Waals surface area contributed by atoms with Gasteiger partial charge in [0.25, 0.3) is 0 Å². The van der Waals surface area contributed by atoms with Gasteiger partial charge in [-0.15, -0.1) is 0 Å². The molecule has 5 nitrogen and oxygen atoms in total. The molecule has 0 spiro atoms. The summed E-state index contributed by atoms with van der Waals surface area (Å²) in [5.41, 5.74) is 0.827. The van der Waals surface area contributed by atoms with Crippen LogP contribution in [-0.2, 0) is 20.2 Å². The summed E-state index contributed by atoms with van der Waals surface area (Å²) in [6.07, 6.45) is -0.240. The molecule has 2 rings (SSSR count). The second-order valence-electron chi connectivity index (χ2n) is 7.19. The molecule has 1 heterocycles. The molecule has 1 aliphatic heterocycles. The summed E-state index contributed by atoms with van der Waals surface area (Å²) in [5, 5.41) is 0. The van der Waals surface area contributed by atoms with E-state index in [2.05, 4.69) is 20.8 Å². The van der Waals surface area contributed by atoms with E-state index in [1.165, 1.54) is 11.4 Å². The molecule has 1 fully saturated rings. The first-order valence-corrected chi connectivity index (χ1v) is 9.34. The average Bonchev–Trinajstić information content (AvgIpc) is 2.44. The highest BCUT2D eigenvalue weighted by Crippen LogP contribution is 2.33. The summed E-state index contributed by atoms with van der Waals surface area (Å²) >= 11 is 0. The Morgan fingerprint density at radius 3 is 2.22 bits per heavy atom. The summed E-state index contributed by atoms with van der Waals surface area (Å²) in [6.45, 7) is 10.7. The third-order valence-corrected chi connectivity index (χ3v) is 5.89. The molecule has 23 heavy (non-hydrogen) atoms. The zero-order valence-corrected chi connectivity index (χ0v) is 15.6. The monoisotopic (exact) mass is 341 g/mol. The Kier molecular flexibility index (Phi) is 5.09. The predicted octanol–water partition coefficient (Wildman–Crippen LogP) is 2.79. The number of hydrogen-bond acceptors (Lipinski definition) is 4. The van der Waals surface area contributed by atoms with Crippen molar-refractivity contribution in [3.8, 4) is 5.75 Å². The van der Waals surface area contributed by atoms with Crippen LogP contribution >= 0.6 is 0 Å². The number of rotatable bonds is 3. The van der Waals surface area contributed by atoms with Gasteiger partial charge < -0.3 is 9.47 Å². The zero-order valence-electron chi connectivity index (χ0n) is 14.8. The van der Waals surface area contributed by atoms with Gasteiger partial charge in [0, 0.05) is 13.1 Å². The van der Waals surface area contributed by atoms with Crippen molar-refractivity contribution in [3.05, 3.63) is 23.8 Å². The molecule has 0 radical (unpaired) electrons. The molecule has 1 saturated heterocycles. The summed E-state index contributed by atoms with van der Waals surface area (Å²) < 4.78 is 38.7. The number of methoxy groups -OCH3 is 1. The SMILES string of the molecule is COc1ccc(C(C)(C)C)cc1S(=O)(=O)N1C[C@@H](C)O[C@@H](C)C1. The fraction of sp³-hybridized carbons (Fsp3) is 0.647. The van der Waals surface area contributed by atoms with Gasteiger partial charge in [0.1, 0.15) is 10.6 Å². The Labute approximate surface area is 139 Å². The molecule has 0 aliphatic carbocycles. The third-order valence-electron chi connectivity index (χ3n) is 4.03. The van der Waals surface area contributed by atoms with Crippen LogP contribution < -0.4 is 4.74 Å². The van der Waals surface area contributed by atoms with Gasteiger partial charge in [0.15, 0.2) is 0 Å². The normalized spacial score (nSPS) is 23.7. The average molecular weight is 341 g/mol. The lowest BCUT2D eigenvalue weighted by Gasteiger charge is -2.34. The quantitative estimate of drug-likeness (QED) is 0.848. The van der Waals surface area contributed by atoms with E-state index in [4.69, 9.17) is 9.47 Å². The number of ether oxygens (including phenoxy) is 2. The van der Waals surface area contributed by atoms with Crippen LogP contribution in [0.3, 0.4) is 0 Å². The van der Waals surface area contributed by atoms with E-state index in [-0.39, 0.29) is 22.5 Å². The minimum absolute atomic E-state index is 0.120. The van der Waals surface area contributed by atoms with Gasteiger partial charge in [0.05, 0.1) is 19.3 Å². The van der Waals surface area contributed by atoms with Gasteiger partial charge in [-0.25, -0.2) is 8.42 Å². The summed E-state index contributed by atoms with van der Waals surface area (Å²) in [7, 11) is -2.13. The number of nitrogens with zero attached hydrogens (tertiary/aromatic N) is 1. The second-order valence-corrected chi connectivity index (χ2v) is 9.10. The van der Waals surface area contributed by atoms with Crippen molar-refractivity contribution < 1.29 is 17.9 Å². The van der Waals surface area contributed by atoms with Gasteiger partial charge in [-0.05, 0) is 37.0 Å². The minimum Gasteiger partial charge on any atom is -0.495 e. The van der Waals surface area contributed by atoms with Gasteiger partial charge in [-0.1, -0.05) is 26.8 Å². The first-order valence-electron chi connectivity index (χ1n) is 7.90. The highest BCUT2D eigenvalue weighted by molar-refractivity contribution is 7.89. The molecule has 1 aromatic carbocycles. The lowest BCUT2D eigenvalue weighted by molar-refractivity contribution is -0.0441. The predicted molar refractivity (Wildman–Crippen MR) is 90.5 cm³/mol. The van der Waals surface area contributed by atoms with E-state index < -0.39 is 10.0 Å². The molecule has 6 heteroatoms. The van der Waals surface area contributed by atoms with E-state index in [1.807, 2.05) is 19.9 Å². The molecule has 0 bridgehead atoms. The van der Waals surface area contributed by atoms with Crippen molar-refractivity contribution >= 4 is 10.0 Å². The molecular formula is C17H27NO4S. The Morgan fingerprint density at radius 1 is 1.17 bits per heavy atom. The van der Waals surface area contributed by atoms with Crippen LogP contribution in [-0.4, -0.2) is 45.1 Å². The summed E-state index contributed by atoms with van der Waals surface area (Å²) in [5.74, 6) is 0.379. The second kappa shape index (κ2) is 6.42. The Morgan fingerprint density at radius 2 is 1.74 bits per heavy atom. The summed E-state index contributed by atoms with van der Waals surface area (Å²) in [6, 6.07) is 5.39. The molecular weight excluding hydrogens is 314 g/mol. The van der Waals surface area contributed by atoms with Crippen molar-refractivity contribution in [1.82, 2.24) is 4.31 Å². The van der Waals surface area contributed by atoms with E-state index >= 15 is 0 Å². The molecule has 1 aliphatic rings. The molecule has 0 amide bonds. The summed E-state index contributed by atoms with van der Waals surface area (Å²) in [4.78, 5) is 0.230. The Bertz CT molecular complexity index is 654. The maximum atomic E-state index is 13.1. The minimum atomic E-state index is -3.63. The van der Waals surface area contributed by atoms with Crippen molar-refractivity contribution in [2.75, 3.05) is 20.2 Å². The number of benzene rings is 1. The van der Waals surface area contributed by atoms with Crippen LogP contribution in [0.1, 0.15) is 40.2 Å². The van der Waals surface area contributed by atoms with Crippen LogP contribution in [0.5, 0.6) is 5.75 Å². The molecule has 0 N–H and O–H groups in total. The van der Waals surface area contributed by atoms with E-state index in [0.29, 0.717) is 18.8 Å². The van der Waals surface area contributed by atoms with Crippen molar-refractivity contribution in [1.29, 1.82) is 0 Å². The van der Waals surface area contributed by atoms with Crippen LogP contribution in [0, 0.1) is 0 Å². The van der Waals surface area contributed by atoms with Crippen LogP contribution in [0.4, 0.5) is 0 Å². The maximum absolute atomic E-state index is 13.1. The highest BCUT2D eigenvalue weighted by atomic mass is 32.2. The van der Waals surface area contributed by atoms with E-state index in [9.17, 15) is 8.42 Å². The topological polar surface area (TPSA) is 55.8 Å². The molecule has 0 unspecified atom stereocenters. The standard InChI is InChI=1S/C17H27NO4S/c1-12-10-18(11-13(2)22-12)23(19,20)16-9-14(17(3,4)5)7-8-15(16)21-6/h7-9,12-13H,10-11H2,1-6H3/t12-,13+. The molecule has 2 atom stereocenters. The lowest BCUT2D eigenvalue weighted by Crippen LogP contribution is -2.48. The zero-order chi connectivity index (χ0) is 17.4. The highest BCUT2D eigenvalue weighted by Gasteiger charge is 2.34. The molecule has 0 aromatic heterocycles. The number of morpholine rings is 1. The van der Waals surface area contributed by atoms with Gasteiger partial charge in [-0.3, -0.25) is 0 Å². The van der Waals surface area contributed by atoms with Crippen molar-refractivity contribution in [2.45, 2.75) is 57.1 Å². The van der Waals surface area contributed by atoms with Crippen molar-refractivity contribution in [2.24, 2.45) is 0 Å². The van der Waals surface area contributed by atoms with Crippen molar-refractivity contribution in [3.63, 3.8) is 0 Å². The van der Waals surface area contributed by atoms with Crippen LogP contribution in [0.2, 0.25) is 0 Å².